The summed E-state index contributed by atoms with van der Waals surface area (Å²) in [6.07, 6.45) is 0.0907. The molecular weight excluding hydrogens is 611 g/mol. The lowest BCUT2D eigenvalue weighted by Crippen LogP contribution is -2.48. The average Bonchev–Trinajstić information content (AvgIpc) is 3.61. The Labute approximate surface area is 260 Å². The number of anilines is 1. The molecule has 1 saturated heterocycles. The van der Waals surface area contributed by atoms with Crippen LogP contribution in [0.15, 0.2) is 81.3 Å². The molecule has 220 valence electrons. The van der Waals surface area contributed by atoms with Gasteiger partial charge >= 0.3 is 11.8 Å². The van der Waals surface area contributed by atoms with Crippen molar-refractivity contribution in [2.45, 2.75) is 18.8 Å². The van der Waals surface area contributed by atoms with Crippen molar-refractivity contribution in [3.8, 4) is 0 Å². The number of halogens is 2. The predicted molar refractivity (Wildman–Crippen MR) is 167 cm³/mol. The number of H-pyrrole nitrogens is 1. The van der Waals surface area contributed by atoms with E-state index < -0.39 is 17.8 Å². The Morgan fingerprint density at radius 1 is 1.00 bits per heavy atom. The molecule has 2 amide bonds. The van der Waals surface area contributed by atoms with Gasteiger partial charge in [0.1, 0.15) is 5.69 Å². The molecule has 2 atom stereocenters. The maximum absolute atomic E-state index is 13.2. The molecule has 43 heavy (non-hydrogen) atoms. The van der Waals surface area contributed by atoms with Crippen LogP contribution in [0.4, 0.5) is 10.5 Å². The molecule has 3 N–H and O–H groups in total. The van der Waals surface area contributed by atoms with Crippen molar-refractivity contribution in [3.05, 3.63) is 115 Å². The zero-order chi connectivity index (χ0) is 30.1. The number of nitrogens with one attached hydrogen (secondary N) is 2. The van der Waals surface area contributed by atoms with Gasteiger partial charge in [0, 0.05) is 46.2 Å². The number of hydrogen-bond acceptors (Lipinski definition) is 6. The lowest BCUT2D eigenvalue weighted by Gasteiger charge is -2.42. The predicted octanol–water partition coefficient (Wildman–Crippen LogP) is 6.93. The van der Waals surface area contributed by atoms with Gasteiger partial charge in [-0.3, -0.25) is 9.78 Å². The molecule has 3 aromatic carbocycles. The standard InChI is InChI=1S/C31H26Cl2N4O5S/c32-22-7-3-1-5-17(22)11-19-14-37(31(40)41)15-20(12-18-6-2-4-8-23(18)33)27(19)29-35-25(16-43-29)28(38)34-21-9-10-24-26(13-21)42-30(39)36-24/h1-10,13,16,19-20,27H,11-12,14-15H2,(H,34,38)(H,36,39)(H,40,41). The van der Waals surface area contributed by atoms with Gasteiger partial charge in [-0.1, -0.05) is 59.6 Å². The van der Waals surface area contributed by atoms with Crippen molar-refractivity contribution < 1.29 is 19.1 Å². The Bertz CT molecular complexity index is 1810. The van der Waals surface area contributed by atoms with E-state index in [4.69, 9.17) is 32.6 Å². The summed E-state index contributed by atoms with van der Waals surface area (Å²) < 4.78 is 5.10. The molecule has 2 aromatic heterocycles. The van der Waals surface area contributed by atoms with Crippen molar-refractivity contribution in [3.63, 3.8) is 0 Å². The Balaban J connectivity index is 1.33. The number of aromatic amines is 1. The highest BCUT2D eigenvalue weighted by Gasteiger charge is 2.41. The van der Waals surface area contributed by atoms with Gasteiger partial charge in [-0.25, -0.2) is 14.6 Å². The van der Waals surface area contributed by atoms with E-state index in [1.54, 1.807) is 23.6 Å². The molecule has 1 fully saturated rings. The molecule has 12 heteroatoms. The first-order valence-electron chi connectivity index (χ1n) is 13.6. The zero-order valence-corrected chi connectivity index (χ0v) is 25.0. The maximum Gasteiger partial charge on any atom is 0.417 e. The second-order valence-corrected chi connectivity index (χ2v) is 12.3. The average molecular weight is 638 g/mol. The fraction of sp³-hybridized carbons (Fsp3) is 0.226. The third-order valence-electron chi connectivity index (χ3n) is 7.79. The summed E-state index contributed by atoms with van der Waals surface area (Å²) in [4.78, 5) is 45.8. The Morgan fingerprint density at radius 3 is 2.23 bits per heavy atom. The number of likely N-dealkylation sites (tertiary alicyclic amines) is 1. The number of oxazole rings is 1. The Kier molecular flexibility index (Phi) is 8.25. The number of carbonyl (C=O) groups excluding carboxylic acids is 1. The van der Waals surface area contributed by atoms with Gasteiger partial charge in [-0.2, -0.15) is 0 Å². The van der Waals surface area contributed by atoms with E-state index in [1.807, 2.05) is 48.5 Å². The van der Waals surface area contributed by atoms with Crippen LogP contribution >= 0.6 is 34.5 Å². The van der Waals surface area contributed by atoms with Crippen molar-refractivity contribution >= 4 is 63.3 Å². The van der Waals surface area contributed by atoms with E-state index in [-0.39, 0.29) is 23.4 Å². The molecule has 0 bridgehead atoms. The number of carbonyl (C=O) groups is 2. The number of nitrogens with zero attached hydrogens (tertiary/aromatic N) is 2. The quantitative estimate of drug-likeness (QED) is 0.178. The molecule has 6 rings (SSSR count). The molecular formula is C31H26Cl2N4O5S. The summed E-state index contributed by atoms with van der Waals surface area (Å²) in [5.74, 6) is -1.46. The zero-order valence-electron chi connectivity index (χ0n) is 22.6. The second kappa shape index (κ2) is 12.2. The minimum Gasteiger partial charge on any atom is -0.465 e. The van der Waals surface area contributed by atoms with Gasteiger partial charge in [0.2, 0.25) is 0 Å². The monoisotopic (exact) mass is 636 g/mol. The van der Waals surface area contributed by atoms with Crippen LogP contribution in [0.3, 0.4) is 0 Å². The van der Waals surface area contributed by atoms with Crippen LogP contribution in [0.2, 0.25) is 10.0 Å². The number of fused-ring (bicyclic) bond motifs is 1. The van der Waals surface area contributed by atoms with Crippen LogP contribution in [0.1, 0.15) is 32.5 Å². The smallest absolute Gasteiger partial charge is 0.417 e. The van der Waals surface area contributed by atoms with Crippen LogP contribution in [-0.2, 0) is 12.8 Å². The summed E-state index contributed by atoms with van der Waals surface area (Å²) >= 11 is 14.5. The molecule has 9 nitrogen and oxygen atoms in total. The van der Waals surface area contributed by atoms with Crippen LogP contribution in [0, 0.1) is 11.8 Å². The van der Waals surface area contributed by atoms with Gasteiger partial charge in [-0.05, 0) is 60.1 Å². The molecule has 1 aliphatic heterocycles. The van der Waals surface area contributed by atoms with Crippen molar-refractivity contribution in [2.24, 2.45) is 11.8 Å². The molecule has 0 aliphatic carbocycles. The minimum absolute atomic E-state index is 0.154. The highest BCUT2D eigenvalue weighted by molar-refractivity contribution is 7.10. The normalized spacial score (nSPS) is 18.6. The largest absolute Gasteiger partial charge is 0.465 e. The van der Waals surface area contributed by atoms with E-state index in [0.29, 0.717) is 52.8 Å². The van der Waals surface area contributed by atoms with Crippen molar-refractivity contribution in [1.29, 1.82) is 0 Å². The van der Waals surface area contributed by atoms with Crippen molar-refractivity contribution in [2.75, 3.05) is 18.4 Å². The van der Waals surface area contributed by atoms with Gasteiger partial charge in [-0.15, -0.1) is 11.3 Å². The highest BCUT2D eigenvalue weighted by atomic mass is 35.5. The SMILES string of the molecule is O=C(Nc1ccc2[nH]c(=O)oc2c1)c1csc(C2C(Cc3ccccc3Cl)CN(C(=O)O)CC2Cc2ccccc2Cl)n1. The van der Waals surface area contributed by atoms with Gasteiger partial charge in [0.05, 0.1) is 10.5 Å². The molecule has 5 aromatic rings. The van der Waals surface area contributed by atoms with E-state index in [2.05, 4.69) is 10.3 Å². The summed E-state index contributed by atoms with van der Waals surface area (Å²) in [5, 5.41) is 16.6. The third-order valence-corrected chi connectivity index (χ3v) is 9.48. The number of piperidine rings is 1. The molecule has 1 aliphatic rings. The van der Waals surface area contributed by atoms with Crippen LogP contribution < -0.4 is 11.1 Å². The number of thiazole rings is 1. The molecule has 0 radical (unpaired) electrons. The third kappa shape index (κ3) is 6.31. The lowest BCUT2D eigenvalue weighted by atomic mass is 9.73. The first-order chi connectivity index (χ1) is 20.7. The first-order valence-corrected chi connectivity index (χ1v) is 15.2. The second-order valence-electron chi connectivity index (χ2n) is 10.6. The van der Waals surface area contributed by atoms with E-state index >= 15 is 0 Å². The molecule has 0 saturated carbocycles. The molecule has 2 unspecified atom stereocenters. The number of benzene rings is 3. The molecule has 3 heterocycles. The first kappa shape index (κ1) is 29.0. The summed E-state index contributed by atoms with van der Waals surface area (Å²) in [6.45, 7) is 0.598. The summed E-state index contributed by atoms with van der Waals surface area (Å²) in [7, 11) is 0. The number of carboxylic acid groups (broad SMARTS) is 1. The number of aromatic nitrogens is 2. The van der Waals surface area contributed by atoms with E-state index in [9.17, 15) is 19.5 Å². The minimum atomic E-state index is -0.985. The van der Waals surface area contributed by atoms with Gasteiger partial charge in [0.15, 0.2) is 5.58 Å². The fourth-order valence-corrected chi connectivity index (χ4v) is 7.36. The fourth-order valence-electron chi connectivity index (χ4n) is 5.85. The number of hydrogen-bond donors (Lipinski definition) is 3. The number of rotatable bonds is 7. The van der Waals surface area contributed by atoms with Crippen LogP contribution in [0.25, 0.3) is 11.1 Å². The van der Waals surface area contributed by atoms with Gasteiger partial charge in [0.25, 0.3) is 5.91 Å². The lowest BCUT2D eigenvalue weighted by molar-refractivity contribution is 0.0837. The van der Waals surface area contributed by atoms with Crippen LogP contribution in [-0.4, -0.2) is 45.1 Å². The summed E-state index contributed by atoms with van der Waals surface area (Å²) in [5.41, 5.74) is 3.40. The topological polar surface area (TPSA) is 129 Å². The highest BCUT2D eigenvalue weighted by Crippen LogP contribution is 2.43. The Hall–Kier alpha value is -4.12. The number of amides is 2. The summed E-state index contributed by atoms with van der Waals surface area (Å²) in [6, 6.07) is 20.0. The Morgan fingerprint density at radius 2 is 1.63 bits per heavy atom. The van der Waals surface area contributed by atoms with Crippen LogP contribution in [0.5, 0.6) is 0 Å². The maximum atomic E-state index is 13.2. The van der Waals surface area contributed by atoms with Crippen molar-refractivity contribution in [1.82, 2.24) is 14.9 Å². The van der Waals surface area contributed by atoms with Gasteiger partial charge < -0.3 is 19.7 Å². The van der Waals surface area contributed by atoms with E-state index in [1.165, 1.54) is 16.2 Å². The van der Waals surface area contributed by atoms with E-state index in [0.717, 1.165) is 16.1 Å². The molecule has 0 spiro atoms.